The fourth-order valence-corrected chi connectivity index (χ4v) is 2.83. The molecule has 1 atom stereocenters. The Balaban J connectivity index is 1.58. The van der Waals surface area contributed by atoms with Crippen molar-refractivity contribution < 1.29 is 4.79 Å². The smallest absolute Gasteiger partial charge is 0.249 e. The molecular formula is C14H16N8O. The summed E-state index contributed by atoms with van der Waals surface area (Å²) in [5, 5.41) is 7.33. The van der Waals surface area contributed by atoms with Gasteiger partial charge >= 0.3 is 0 Å². The molecule has 23 heavy (non-hydrogen) atoms. The topological polar surface area (TPSA) is 93.8 Å². The number of nitrogens with zero attached hydrogens (tertiary/aromatic N) is 7. The van der Waals surface area contributed by atoms with Gasteiger partial charge in [0.05, 0.1) is 18.2 Å². The second kappa shape index (κ2) is 5.04. The van der Waals surface area contributed by atoms with Crippen molar-refractivity contribution in [2.24, 2.45) is 14.1 Å². The average Bonchev–Trinajstić information content (AvgIpc) is 3.22. The van der Waals surface area contributed by atoms with Gasteiger partial charge in [0, 0.05) is 26.8 Å². The minimum Gasteiger partial charge on any atom is -0.356 e. The molecule has 118 valence electrons. The third kappa shape index (κ3) is 2.20. The van der Waals surface area contributed by atoms with Gasteiger partial charge in [-0.2, -0.15) is 5.10 Å². The van der Waals surface area contributed by atoms with Gasteiger partial charge in [0.25, 0.3) is 0 Å². The fraction of sp³-hybridized carbons (Fsp3) is 0.357. The highest BCUT2D eigenvalue weighted by molar-refractivity contribution is 6.01. The van der Waals surface area contributed by atoms with E-state index in [4.69, 9.17) is 0 Å². The summed E-state index contributed by atoms with van der Waals surface area (Å²) >= 11 is 0. The summed E-state index contributed by atoms with van der Waals surface area (Å²) in [5.74, 6) is 0.600. The maximum atomic E-state index is 12.6. The Kier molecular flexibility index (Phi) is 3.00. The van der Waals surface area contributed by atoms with Gasteiger partial charge in [-0.1, -0.05) is 0 Å². The largest absolute Gasteiger partial charge is 0.356 e. The Hall–Kier alpha value is -2.97. The van der Waals surface area contributed by atoms with Crippen LogP contribution in [-0.4, -0.2) is 47.8 Å². The first kappa shape index (κ1) is 13.7. The summed E-state index contributed by atoms with van der Waals surface area (Å²) in [5.41, 5.74) is 2.21. The zero-order valence-corrected chi connectivity index (χ0v) is 12.8. The fourth-order valence-electron chi connectivity index (χ4n) is 2.83. The number of imidazole rings is 1. The van der Waals surface area contributed by atoms with Crippen LogP contribution >= 0.6 is 0 Å². The van der Waals surface area contributed by atoms with Crippen LogP contribution in [0.1, 0.15) is 6.42 Å². The molecule has 0 radical (unpaired) electrons. The Labute approximate surface area is 132 Å². The highest BCUT2D eigenvalue weighted by Gasteiger charge is 2.33. The molecule has 1 fully saturated rings. The number of carbonyl (C=O) groups excluding carboxylic acids is 1. The van der Waals surface area contributed by atoms with Crippen LogP contribution < -0.4 is 10.2 Å². The first-order valence-electron chi connectivity index (χ1n) is 7.32. The normalized spacial score (nSPS) is 18.1. The number of fused-ring (bicyclic) bond motifs is 1. The SMILES string of the molecule is Cn1cc(N2CCC(Nc3ncnc4c3ncn4C)C2=O)cn1. The lowest BCUT2D eigenvalue weighted by atomic mass is 10.2. The second-order valence-electron chi connectivity index (χ2n) is 5.60. The molecule has 4 heterocycles. The van der Waals surface area contributed by atoms with Gasteiger partial charge in [0.2, 0.25) is 5.91 Å². The predicted molar refractivity (Wildman–Crippen MR) is 83.9 cm³/mol. The summed E-state index contributed by atoms with van der Waals surface area (Å²) < 4.78 is 3.51. The number of nitrogens with one attached hydrogen (secondary N) is 1. The van der Waals surface area contributed by atoms with Gasteiger partial charge < -0.3 is 14.8 Å². The Bertz CT molecular complexity index is 882. The Morgan fingerprint density at radius 1 is 1.26 bits per heavy atom. The van der Waals surface area contributed by atoms with Crippen molar-refractivity contribution in [2.75, 3.05) is 16.8 Å². The van der Waals surface area contributed by atoms with Crippen molar-refractivity contribution in [1.82, 2.24) is 29.3 Å². The van der Waals surface area contributed by atoms with E-state index in [1.807, 2.05) is 24.9 Å². The summed E-state index contributed by atoms with van der Waals surface area (Å²) in [7, 11) is 3.70. The van der Waals surface area contributed by atoms with Crippen LogP contribution in [0.5, 0.6) is 0 Å². The zero-order chi connectivity index (χ0) is 16.0. The van der Waals surface area contributed by atoms with Crippen LogP contribution in [0, 0.1) is 0 Å². The lowest BCUT2D eigenvalue weighted by molar-refractivity contribution is -0.117. The standard InChI is InChI=1S/C14H16N8O/c1-20-8-17-11-12(15-7-16-13(11)20)19-10-3-4-22(14(10)23)9-5-18-21(2)6-9/h5-8,10H,3-4H2,1-2H3,(H,15,16,19). The molecule has 1 N–H and O–H groups in total. The molecule has 1 aliphatic heterocycles. The molecule has 4 rings (SSSR count). The van der Waals surface area contributed by atoms with Crippen molar-refractivity contribution in [3.05, 3.63) is 25.0 Å². The Morgan fingerprint density at radius 3 is 2.91 bits per heavy atom. The van der Waals surface area contributed by atoms with Crippen molar-refractivity contribution in [3.8, 4) is 0 Å². The van der Waals surface area contributed by atoms with Crippen LogP contribution in [0.25, 0.3) is 11.2 Å². The molecule has 0 aromatic carbocycles. The number of rotatable bonds is 3. The molecule has 1 aliphatic rings. The molecule has 9 nitrogen and oxygen atoms in total. The molecule has 0 saturated carbocycles. The maximum Gasteiger partial charge on any atom is 0.249 e. The summed E-state index contributed by atoms with van der Waals surface area (Å²) in [4.78, 5) is 27.1. The van der Waals surface area contributed by atoms with E-state index in [1.54, 1.807) is 22.1 Å². The molecule has 1 saturated heterocycles. The Morgan fingerprint density at radius 2 is 2.13 bits per heavy atom. The maximum absolute atomic E-state index is 12.6. The summed E-state index contributed by atoms with van der Waals surface area (Å²) in [6, 6.07) is -0.324. The summed E-state index contributed by atoms with van der Waals surface area (Å²) in [6.07, 6.45) is 7.39. The predicted octanol–water partition coefficient (Wildman–Crippen LogP) is 0.314. The molecule has 0 aliphatic carbocycles. The lowest BCUT2D eigenvalue weighted by Crippen LogP contribution is -2.33. The van der Waals surface area contributed by atoms with Crippen molar-refractivity contribution in [1.29, 1.82) is 0 Å². The first-order valence-corrected chi connectivity index (χ1v) is 7.32. The van der Waals surface area contributed by atoms with Crippen LogP contribution in [0.3, 0.4) is 0 Å². The molecule has 9 heteroatoms. The van der Waals surface area contributed by atoms with Gasteiger partial charge in [-0.3, -0.25) is 9.48 Å². The van der Waals surface area contributed by atoms with Gasteiger partial charge in [0.15, 0.2) is 11.5 Å². The monoisotopic (exact) mass is 312 g/mol. The van der Waals surface area contributed by atoms with E-state index in [1.165, 1.54) is 6.33 Å². The number of anilines is 2. The van der Waals surface area contributed by atoms with Gasteiger partial charge in [-0.25, -0.2) is 15.0 Å². The van der Waals surface area contributed by atoms with E-state index in [2.05, 4.69) is 25.4 Å². The second-order valence-corrected chi connectivity index (χ2v) is 5.60. The van der Waals surface area contributed by atoms with Crippen molar-refractivity contribution in [3.63, 3.8) is 0 Å². The molecule has 3 aromatic heterocycles. The van der Waals surface area contributed by atoms with Gasteiger partial charge in [0.1, 0.15) is 17.9 Å². The van der Waals surface area contributed by atoms with Crippen LogP contribution in [0.15, 0.2) is 25.0 Å². The van der Waals surface area contributed by atoms with Crippen molar-refractivity contribution >= 4 is 28.6 Å². The number of aromatic nitrogens is 6. The van der Waals surface area contributed by atoms with E-state index in [-0.39, 0.29) is 11.9 Å². The summed E-state index contributed by atoms with van der Waals surface area (Å²) in [6.45, 7) is 0.651. The molecule has 1 unspecified atom stereocenters. The van der Waals surface area contributed by atoms with E-state index in [0.29, 0.717) is 24.3 Å². The quantitative estimate of drug-likeness (QED) is 0.748. The minimum absolute atomic E-state index is 0.0145. The van der Waals surface area contributed by atoms with Crippen molar-refractivity contribution in [2.45, 2.75) is 12.5 Å². The number of carbonyl (C=O) groups is 1. The van der Waals surface area contributed by atoms with Gasteiger partial charge in [-0.15, -0.1) is 0 Å². The van der Waals surface area contributed by atoms with Crippen LogP contribution in [-0.2, 0) is 18.9 Å². The van der Waals surface area contributed by atoms with Gasteiger partial charge in [-0.05, 0) is 6.42 Å². The lowest BCUT2D eigenvalue weighted by Gasteiger charge is -2.15. The highest BCUT2D eigenvalue weighted by Crippen LogP contribution is 2.24. The van der Waals surface area contributed by atoms with Crippen LogP contribution in [0.2, 0.25) is 0 Å². The van der Waals surface area contributed by atoms with E-state index in [9.17, 15) is 4.79 Å². The van der Waals surface area contributed by atoms with E-state index >= 15 is 0 Å². The molecule has 0 spiro atoms. The molecule has 3 aromatic rings. The first-order chi connectivity index (χ1) is 11.1. The van der Waals surface area contributed by atoms with E-state index in [0.717, 1.165) is 11.3 Å². The number of aryl methyl sites for hydroxylation is 2. The van der Waals surface area contributed by atoms with E-state index < -0.39 is 0 Å². The average molecular weight is 312 g/mol. The highest BCUT2D eigenvalue weighted by atomic mass is 16.2. The number of amides is 1. The third-order valence-electron chi connectivity index (χ3n) is 4.02. The molecule has 0 bridgehead atoms. The number of hydrogen-bond acceptors (Lipinski definition) is 6. The minimum atomic E-state index is -0.324. The molecule has 1 amide bonds. The number of hydrogen-bond donors (Lipinski definition) is 1. The third-order valence-corrected chi connectivity index (χ3v) is 4.02. The zero-order valence-electron chi connectivity index (χ0n) is 12.8. The molecular weight excluding hydrogens is 296 g/mol. The van der Waals surface area contributed by atoms with Crippen LogP contribution in [0.4, 0.5) is 11.5 Å².